The smallest absolute Gasteiger partial charge is 0.227 e. The van der Waals surface area contributed by atoms with Gasteiger partial charge in [-0.2, -0.15) is 0 Å². The van der Waals surface area contributed by atoms with Crippen molar-refractivity contribution in [2.75, 3.05) is 12.3 Å². The lowest BCUT2D eigenvalue weighted by Gasteiger charge is -2.18. The highest BCUT2D eigenvalue weighted by atomic mass is 19.1. The summed E-state index contributed by atoms with van der Waals surface area (Å²) in [6.07, 6.45) is 9.94. The number of halogens is 1. The van der Waals surface area contributed by atoms with Crippen LogP contribution in [0, 0.1) is 12.7 Å². The molecule has 0 radical (unpaired) electrons. The minimum Gasteiger partial charge on any atom is -0.397 e. The monoisotopic (exact) mass is 509 g/mol. The predicted octanol–water partition coefficient (Wildman–Crippen LogP) is 2.55. The maximum Gasteiger partial charge on any atom is 0.227 e. The third-order valence-electron chi connectivity index (χ3n) is 6.02. The minimum atomic E-state index is -0.478. The minimum absolute atomic E-state index is 0.0429. The standard InChI is InChI=1S/C26H32FN7O3/c1-15-18(12-31-14-20(15)28)17-10-16(19-13-33-26(19)25(17)27)11-21(29)34-24(37)8-9-32-23(36)7-5-3-2-4-6-22(30)35/h10-14H,2-9,28-29H2,1H3,(H2,30,35)(H,32,36)(H,34,37)/b21-11+. The van der Waals surface area contributed by atoms with Crippen LogP contribution in [-0.2, 0) is 14.4 Å². The van der Waals surface area contributed by atoms with Gasteiger partial charge in [0.05, 0.1) is 11.9 Å². The molecule has 0 unspecified atom stereocenters. The lowest BCUT2D eigenvalue weighted by Crippen LogP contribution is -2.32. The molecule has 0 saturated carbocycles. The Bertz CT molecular complexity index is 1260. The number of benzene rings is 1. The van der Waals surface area contributed by atoms with E-state index in [0.29, 0.717) is 47.2 Å². The number of rotatable bonds is 13. The zero-order valence-electron chi connectivity index (χ0n) is 20.8. The molecule has 1 aromatic carbocycles. The van der Waals surface area contributed by atoms with Crippen molar-refractivity contribution in [1.82, 2.24) is 15.6 Å². The van der Waals surface area contributed by atoms with Gasteiger partial charge in [0.25, 0.3) is 0 Å². The molecular weight excluding hydrogens is 477 g/mol. The van der Waals surface area contributed by atoms with Crippen LogP contribution in [0.25, 0.3) is 17.2 Å². The van der Waals surface area contributed by atoms with Gasteiger partial charge in [-0.05, 0) is 43.0 Å². The Morgan fingerprint density at radius 2 is 1.73 bits per heavy atom. The Kier molecular flexibility index (Phi) is 9.31. The molecule has 1 aliphatic heterocycles. The van der Waals surface area contributed by atoms with Gasteiger partial charge in [-0.3, -0.25) is 24.4 Å². The van der Waals surface area contributed by atoms with Crippen molar-refractivity contribution in [3.05, 3.63) is 46.8 Å². The van der Waals surface area contributed by atoms with Crippen molar-refractivity contribution in [2.24, 2.45) is 16.5 Å². The number of nitrogens with zero attached hydrogens (tertiary/aromatic N) is 2. The third-order valence-corrected chi connectivity index (χ3v) is 6.02. The molecule has 0 spiro atoms. The summed E-state index contributed by atoms with van der Waals surface area (Å²) in [4.78, 5) is 43.0. The number of carbonyl (C=O) groups excluding carboxylic acids is 3. The van der Waals surface area contributed by atoms with Crippen LogP contribution in [0.4, 0.5) is 15.8 Å². The fraction of sp³-hybridized carbons (Fsp3) is 0.346. The second-order valence-corrected chi connectivity index (χ2v) is 8.88. The second-order valence-electron chi connectivity index (χ2n) is 8.88. The summed E-state index contributed by atoms with van der Waals surface area (Å²) in [5.74, 6) is -1.23. The largest absolute Gasteiger partial charge is 0.397 e. The molecule has 1 aromatic heterocycles. The van der Waals surface area contributed by atoms with E-state index in [1.807, 2.05) is 0 Å². The molecule has 2 aromatic rings. The highest BCUT2D eigenvalue weighted by Crippen LogP contribution is 2.40. The molecule has 3 amide bonds. The van der Waals surface area contributed by atoms with Gasteiger partial charge in [-0.1, -0.05) is 12.8 Å². The van der Waals surface area contributed by atoms with Crippen molar-refractivity contribution in [3.63, 3.8) is 0 Å². The van der Waals surface area contributed by atoms with Crippen LogP contribution in [0.5, 0.6) is 0 Å². The molecule has 0 fully saturated rings. The van der Waals surface area contributed by atoms with E-state index in [-0.39, 0.29) is 47.8 Å². The third kappa shape index (κ3) is 7.35. The molecule has 0 bridgehead atoms. The average Bonchev–Trinajstić information content (AvgIpc) is 2.79. The molecule has 2 heterocycles. The van der Waals surface area contributed by atoms with Gasteiger partial charge in [-0.25, -0.2) is 4.39 Å². The van der Waals surface area contributed by atoms with Gasteiger partial charge < -0.3 is 27.8 Å². The number of aromatic nitrogens is 1. The van der Waals surface area contributed by atoms with Crippen molar-refractivity contribution >= 4 is 41.4 Å². The summed E-state index contributed by atoms with van der Waals surface area (Å²) in [5, 5.41) is 5.29. The SMILES string of the molecule is Cc1c(N)cncc1-c1cc(/C=C(\N)NC(=O)CCNC(=O)CCCCCCC(N)=O)c2c(c1F)N=C2. The highest BCUT2D eigenvalue weighted by Gasteiger charge is 2.23. The molecular formula is C26H32FN7O3. The molecule has 0 aliphatic carbocycles. The number of hydrogen-bond acceptors (Lipinski definition) is 7. The van der Waals surface area contributed by atoms with E-state index in [1.54, 1.807) is 13.0 Å². The summed E-state index contributed by atoms with van der Waals surface area (Å²) in [5.41, 5.74) is 20.4. The highest BCUT2D eigenvalue weighted by molar-refractivity contribution is 6.02. The van der Waals surface area contributed by atoms with E-state index < -0.39 is 5.82 Å². The van der Waals surface area contributed by atoms with Crippen LogP contribution >= 0.6 is 0 Å². The zero-order chi connectivity index (χ0) is 26.9. The van der Waals surface area contributed by atoms with Crippen molar-refractivity contribution in [2.45, 2.75) is 51.9 Å². The Morgan fingerprint density at radius 1 is 1.00 bits per heavy atom. The topological polar surface area (TPSA) is 179 Å². The first kappa shape index (κ1) is 27.3. The number of carbonyl (C=O) groups is 3. The molecule has 0 atom stereocenters. The van der Waals surface area contributed by atoms with Crippen LogP contribution < -0.4 is 27.8 Å². The lowest BCUT2D eigenvalue weighted by atomic mass is 9.93. The van der Waals surface area contributed by atoms with Crippen molar-refractivity contribution in [3.8, 4) is 11.1 Å². The Balaban J connectivity index is 1.52. The molecule has 37 heavy (non-hydrogen) atoms. The van der Waals surface area contributed by atoms with Crippen LogP contribution in [0.2, 0.25) is 0 Å². The molecule has 0 saturated heterocycles. The Hall–Kier alpha value is -4.28. The van der Waals surface area contributed by atoms with Crippen LogP contribution in [0.3, 0.4) is 0 Å². The number of primary amides is 1. The maximum atomic E-state index is 15.0. The molecule has 10 nitrogen and oxygen atoms in total. The number of pyridine rings is 1. The van der Waals surface area contributed by atoms with Gasteiger partial charge in [0.2, 0.25) is 17.7 Å². The summed E-state index contributed by atoms with van der Waals surface area (Å²) in [7, 11) is 0. The normalized spacial score (nSPS) is 12.0. The number of unbranched alkanes of at least 4 members (excludes halogenated alkanes) is 3. The number of anilines is 1. The van der Waals surface area contributed by atoms with Gasteiger partial charge in [-0.15, -0.1) is 0 Å². The Morgan fingerprint density at radius 3 is 2.41 bits per heavy atom. The van der Waals surface area contributed by atoms with E-state index >= 15 is 4.39 Å². The average molecular weight is 510 g/mol. The fourth-order valence-corrected chi connectivity index (χ4v) is 3.90. The van der Waals surface area contributed by atoms with Crippen molar-refractivity contribution in [1.29, 1.82) is 0 Å². The van der Waals surface area contributed by atoms with Crippen LogP contribution in [0.15, 0.2) is 29.3 Å². The van der Waals surface area contributed by atoms with E-state index in [9.17, 15) is 14.4 Å². The van der Waals surface area contributed by atoms with E-state index in [1.165, 1.54) is 24.7 Å². The first-order chi connectivity index (χ1) is 17.7. The quantitative estimate of drug-likeness (QED) is 0.221. The zero-order valence-corrected chi connectivity index (χ0v) is 20.8. The Labute approximate surface area is 214 Å². The number of fused-ring (bicyclic) bond motifs is 1. The molecule has 196 valence electrons. The summed E-state index contributed by atoms with van der Waals surface area (Å²) >= 11 is 0. The van der Waals surface area contributed by atoms with Gasteiger partial charge in [0, 0.05) is 54.9 Å². The number of amides is 3. The predicted molar refractivity (Wildman–Crippen MR) is 141 cm³/mol. The number of nitrogen functional groups attached to an aromatic ring is 1. The molecule has 1 aliphatic rings. The summed E-state index contributed by atoms with van der Waals surface area (Å²) in [6, 6.07) is 1.62. The first-order valence-corrected chi connectivity index (χ1v) is 12.1. The van der Waals surface area contributed by atoms with Gasteiger partial charge in [0.15, 0.2) is 5.82 Å². The molecule has 8 N–H and O–H groups in total. The maximum absolute atomic E-state index is 15.0. The van der Waals surface area contributed by atoms with E-state index in [2.05, 4.69) is 20.6 Å². The number of hydrogen-bond donors (Lipinski definition) is 5. The first-order valence-electron chi connectivity index (χ1n) is 12.1. The van der Waals surface area contributed by atoms with Crippen LogP contribution in [-0.4, -0.2) is 35.5 Å². The summed E-state index contributed by atoms with van der Waals surface area (Å²) in [6.45, 7) is 1.95. The second kappa shape index (κ2) is 12.6. The van der Waals surface area contributed by atoms with Gasteiger partial charge >= 0.3 is 0 Å². The summed E-state index contributed by atoms with van der Waals surface area (Å²) < 4.78 is 15.0. The lowest BCUT2D eigenvalue weighted by molar-refractivity contribution is -0.122. The molecule has 11 heteroatoms. The number of nitrogens with two attached hydrogens (primary N) is 3. The van der Waals surface area contributed by atoms with Crippen molar-refractivity contribution < 1.29 is 18.8 Å². The number of aliphatic imine (C=N–C) groups is 1. The molecule has 3 rings (SSSR count). The van der Waals surface area contributed by atoms with Crippen LogP contribution in [0.1, 0.15) is 61.6 Å². The number of nitrogens with one attached hydrogen (secondary N) is 2. The van der Waals surface area contributed by atoms with Gasteiger partial charge in [0.1, 0.15) is 11.5 Å². The van der Waals surface area contributed by atoms with E-state index in [0.717, 1.165) is 19.3 Å². The van der Waals surface area contributed by atoms with E-state index in [4.69, 9.17) is 17.2 Å². The fourth-order valence-electron chi connectivity index (χ4n) is 3.90.